The molecule has 11 heteroatoms. The predicted molar refractivity (Wildman–Crippen MR) is 118 cm³/mol. The lowest BCUT2D eigenvalue weighted by Gasteiger charge is -2.16. The third kappa shape index (κ3) is 3.15. The number of carbonyl (C=O) groups is 1. The van der Waals surface area contributed by atoms with Crippen LogP contribution in [-0.2, 0) is 16.8 Å². The molecule has 0 bridgehead atoms. The zero-order valence-corrected chi connectivity index (χ0v) is 18.4. The molecular formula is C23H19F3N6O2. The van der Waals surface area contributed by atoms with Crippen LogP contribution in [0.3, 0.4) is 0 Å². The topological polar surface area (TPSA) is 107 Å². The molecule has 0 saturated carbocycles. The number of carbonyl (C=O) groups excluding carboxylic acids is 1. The van der Waals surface area contributed by atoms with E-state index in [1.165, 1.54) is 0 Å². The number of ether oxygens (including phenoxy) is 1. The molecule has 4 heterocycles. The van der Waals surface area contributed by atoms with Crippen molar-refractivity contribution in [2.24, 2.45) is 0 Å². The smallest absolute Gasteiger partial charge is 0.235 e. The number of nitrogens with zero attached hydrogens (tertiary/aromatic N) is 4. The Hall–Kier alpha value is -4.15. The highest BCUT2D eigenvalue weighted by atomic mass is 19.2. The minimum Gasteiger partial charge on any atom is -0.485 e. The van der Waals surface area contributed by atoms with Gasteiger partial charge in [0.25, 0.3) is 0 Å². The van der Waals surface area contributed by atoms with Crippen LogP contribution in [0.15, 0.2) is 30.5 Å². The second kappa shape index (κ2) is 7.44. The van der Waals surface area contributed by atoms with Crippen molar-refractivity contribution in [2.75, 3.05) is 11.1 Å². The average molecular weight is 468 g/mol. The van der Waals surface area contributed by atoms with E-state index in [-0.39, 0.29) is 23.3 Å². The number of nitrogen functional groups attached to an aromatic ring is 1. The summed E-state index contributed by atoms with van der Waals surface area (Å²) in [6.45, 7) is 4.66. The van der Waals surface area contributed by atoms with Gasteiger partial charge in [0.05, 0.1) is 22.2 Å². The summed E-state index contributed by atoms with van der Waals surface area (Å²) in [5, 5.41) is 2.74. The maximum absolute atomic E-state index is 14.0. The number of pyridine rings is 1. The molecule has 1 amide bonds. The van der Waals surface area contributed by atoms with Crippen LogP contribution in [0.25, 0.3) is 17.2 Å². The lowest BCUT2D eigenvalue weighted by molar-refractivity contribution is -0.119. The first-order chi connectivity index (χ1) is 16.1. The zero-order valence-electron chi connectivity index (χ0n) is 18.4. The standard InChI is InChI=1S/C23H19F3N6O2/c1-10-17(20-29-18(27)15-19(30-20)31-22(33)23(15,2)3)32-8-4-5-14(21(32)28-10)34-9-11-12(24)6-7-13(25)16(11)26/h4-8H,9H2,1-3H3,(H3,27,29,30,31,33). The van der Waals surface area contributed by atoms with E-state index in [2.05, 4.69) is 20.3 Å². The van der Waals surface area contributed by atoms with E-state index >= 15 is 0 Å². The van der Waals surface area contributed by atoms with Crippen molar-refractivity contribution >= 4 is 23.2 Å². The van der Waals surface area contributed by atoms with Gasteiger partial charge in [0, 0.05) is 6.20 Å². The molecule has 174 valence electrons. The Morgan fingerprint density at radius 3 is 2.62 bits per heavy atom. The van der Waals surface area contributed by atoms with Gasteiger partial charge in [-0.25, -0.2) is 28.1 Å². The maximum atomic E-state index is 14.0. The number of hydrogen-bond donors (Lipinski definition) is 2. The molecule has 8 nitrogen and oxygen atoms in total. The molecule has 1 aliphatic rings. The number of benzene rings is 1. The normalized spacial score (nSPS) is 14.4. The highest BCUT2D eigenvalue weighted by Gasteiger charge is 2.42. The van der Waals surface area contributed by atoms with Crippen LogP contribution in [0.2, 0.25) is 0 Å². The van der Waals surface area contributed by atoms with Gasteiger partial charge < -0.3 is 15.8 Å². The largest absolute Gasteiger partial charge is 0.485 e. The Morgan fingerprint density at radius 2 is 1.85 bits per heavy atom. The number of halogens is 3. The van der Waals surface area contributed by atoms with Crippen LogP contribution in [0, 0.1) is 24.4 Å². The van der Waals surface area contributed by atoms with E-state index in [0.717, 1.165) is 6.07 Å². The number of nitrogens with two attached hydrogens (primary N) is 1. The van der Waals surface area contributed by atoms with Gasteiger partial charge in [0.1, 0.15) is 29.8 Å². The number of hydrogen-bond acceptors (Lipinski definition) is 6. The Labute approximate surface area is 191 Å². The summed E-state index contributed by atoms with van der Waals surface area (Å²) in [4.78, 5) is 25.8. The highest BCUT2D eigenvalue weighted by molar-refractivity contribution is 6.06. The molecule has 4 aromatic rings. The summed E-state index contributed by atoms with van der Waals surface area (Å²) in [7, 11) is 0. The lowest BCUT2D eigenvalue weighted by Crippen LogP contribution is -2.27. The Kier molecular flexibility index (Phi) is 4.74. The second-order valence-electron chi connectivity index (χ2n) is 8.46. The number of nitrogens with one attached hydrogen (secondary N) is 1. The van der Waals surface area contributed by atoms with Crippen molar-refractivity contribution in [3.8, 4) is 17.3 Å². The van der Waals surface area contributed by atoms with Gasteiger partial charge >= 0.3 is 0 Å². The molecule has 1 aromatic carbocycles. The van der Waals surface area contributed by atoms with Gasteiger partial charge in [-0.3, -0.25) is 9.20 Å². The van der Waals surface area contributed by atoms with Crippen molar-refractivity contribution in [3.05, 3.63) is 64.7 Å². The summed E-state index contributed by atoms with van der Waals surface area (Å²) < 4.78 is 48.8. The number of aryl methyl sites for hydroxylation is 1. The molecule has 0 saturated heterocycles. The highest BCUT2D eigenvalue weighted by Crippen LogP contribution is 2.40. The number of amides is 1. The summed E-state index contributed by atoms with van der Waals surface area (Å²) in [5.41, 5.74) is 6.68. The number of rotatable bonds is 4. The fraction of sp³-hybridized carbons (Fsp3) is 0.217. The fourth-order valence-electron chi connectivity index (χ4n) is 4.06. The van der Waals surface area contributed by atoms with E-state index in [4.69, 9.17) is 10.5 Å². The van der Waals surface area contributed by atoms with Gasteiger partial charge in [0.2, 0.25) is 5.91 Å². The fourth-order valence-corrected chi connectivity index (χ4v) is 4.06. The Morgan fingerprint density at radius 1 is 1.12 bits per heavy atom. The molecule has 3 N–H and O–H groups in total. The van der Waals surface area contributed by atoms with Crippen LogP contribution < -0.4 is 15.8 Å². The van der Waals surface area contributed by atoms with Crippen molar-refractivity contribution in [2.45, 2.75) is 32.8 Å². The van der Waals surface area contributed by atoms with Gasteiger partial charge in [0.15, 0.2) is 28.9 Å². The van der Waals surface area contributed by atoms with Crippen molar-refractivity contribution in [1.29, 1.82) is 0 Å². The van der Waals surface area contributed by atoms with E-state index in [9.17, 15) is 18.0 Å². The maximum Gasteiger partial charge on any atom is 0.235 e. The van der Waals surface area contributed by atoms with Crippen molar-refractivity contribution in [3.63, 3.8) is 0 Å². The summed E-state index contributed by atoms with van der Waals surface area (Å²) in [5.74, 6) is -2.68. The average Bonchev–Trinajstić information content (AvgIpc) is 3.23. The first kappa shape index (κ1) is 21.7. The lowest BCUT2D eigenvalue weighted by atomic mass is 9.87. The number of imidazole rings is 1. The first-order valence-corrected chi connectivity index (χ1v) is 10.3. The van der Waals surface area contributed by atoms with E-state index in [1.807, 2.05) is 0 Å². The summed E-state index contributed by atoms with van der Waals surface area (Å²) in [6, 6.07) is 4.77. The molecule has 3 aromatic heterocycles. The molecule has 0 aliphatic carbocycles. The third-order valence-electron chi connectivity index (χ3n) is 5.87. The van der Waals surface area contributed by atoms with E-state index in [0.29, 0.717) is 34.5 Å². The van der Waals surface area contributed by atoms with Gasteiger partial charge in [-0.15, -0.1) is 0 Å². The molecule has 0 radical (unpaired) electrons. The van der Waals surface area contributed by atoms with Gasteiger partial charge in [-0.05, 0) is 45.0 Å². The van der Waals surface area contributed by atoms with Crippen molar-refractivity contribution < 1.29 is 22.7 Å². The van der Waals surface area contributed by atoms with Crippen LogP contribution in [0.4, 0.5) is 24.8 Å². The molecular weight excluding hydrogens is 449 g/mol. The molecule has 5 rings (SSSR count). The molecule has 1 aliphatic heterocycles. The SMILES string of the molecule is Cc1nc2c(OCc3c(F)ccc(F)c3F)cccn2c1-c1nc(N)c2c(n1)NC(=O)C2(C)C. The molecule has 34 heavy (non-hydrogen) atoms. The number of aromatic nitrogens is 4. The predicted octanol–water partition coefficient (Wildman–Crippen LogP) is 3.91. The summed E-state index contributed by atoms with van der Waals surface area (Å²) in [6.07, 6.45) is 1.69. The minimum absolute atomic E-state index is 0.169. The van der Waals surface area contributed by atoms with Crippen LogP contribution in [0.5, 0.6) is 5.75 Å². The van der Waals surface area contributed by atoms with Gasteiger partial charge in [-0.1, -0.05) is 0 Å². The summed E-state index contributed by atoms with van der Waals surface area (Å²) >= 11 is 0. The Bertz CT molecular complexity index is 1500. The molecule has 0 unspecified atom stereocenters. The zero-order chi connectivity index (χ0) is 24.4. The third-order valence-corrected chi connectivity index (χ3v) is 5.87. The van der Waals surface area contributed by atoms with Crippen LogP contribution in [0.1, 0.15) is 30.7 Å². The van der Waals surface area contributed by atoms with Crippen LogP contribution in [-0.4, -0.2) is 25.3 Å². The van der Waals surface area contributed by atoms with Gasteiger partial charge in [-0.2, -0.15) is 0 Å². The monoisotopic (exact) mass is 468 g/mol. The minimum atomic E-state index is -1.31. The second-order valence-corrected chi connectivity index (χ2v) is 8.46. The van der Waals surface area contributed by atoms with E-state index < -0.39 is 35.0 Å². The molecule has 0 spiro atoms. The van der Waals surface area contributed by atoms with Crippen molar-refractivity contribution in [1.82, 2.24) is 19.4 Å². The van der Waals surface area contributed by atoms with E-state index in [1.54, 1.807) is 43.5 Å². The Balaban J connectivity index is 1.57. The number of fused-ring (bicyclic) bond motifs is 2. The quantitative estimate of drug-likeness (QED) is 0.440. The molecule has 0 atom stereocenters. The first-order valence-electron chi connectivity index (χ1n) is 10.3. The van der Waals surface area contributed by atoms with Crippen LogP contribution >= 0.6 is 0 Å². The molecule has 0 fully saturated rings. The number of anilines is 2.